The summed E-state index contributed by atoms with van der Waals surface area (Å²) in [6, 6.07) is 19.1. The Bertz CT molecular complexity index is 2180. The first-order chi connectivity index (χ1) is 27.5. The number of nitriles is 1. The minimum absolute atomic E-state index is 0.0734. The summed E-state index contributed by atoms with van der Waals surface area (Å²) in [6.45, 7) is 8.85. The zero-order valence-corrected chi connectivity index (χ0v) is 32.9. The van der Waals surface area contributed by atoms with E-state index in [0.717, 1.165) is 91.2 Å². The van der Waals surface area contributed by atoms with E-state index in [1.54, 1.807) is 0 Å². The number of likely N-dealkylation sites (tertiary alicyclic amines) is 1. The molecule has 1 spiro atoms. The van der Waals surface area contributed by atoms with Crippen molar-refractivity contribution in [2.75, 3.05) is 49.1 Å². The van der Waals surface area contributed by atoms with Crippen molar-refractivity contribution in [3.8, 4) is 6.07 Å². The standard InChI is InChI=1S/C44H46ClN7O5/c1-27-21-44(26-51(27)34-7-4-30(22-46)37(45)20-34)12-16-49(17-13-44)33-5-2-29(3-6-33)41(55)50-14-10-28(11-15-50)23-48-24-31-18-35-36(19-32(31)25-48)43(57)52(42(35)56)38-8-9-39(53)47-40(38)54/h2-7,18-20,27-28,38H,8-17,21,23-26H2,1H3,(H,47,53,54)/t27-,38?/m1/s1. The topological polar surface area (TPSA) is 137 Å². The highest BCUT2D eigenvalue weighted by Gasteiger charge is 2.46. The Morgan fingerprint density at radius 1 is 0.877 bits per heavy atom. The summed E-state index contributed by atoms with van der Waals surface area (Å²) in [7, 11) is 0. The molecule has 2 atom stereocenters. The van der Waals surface area contributed by atoms with Crippen LogP contribution in [0.2, 0.25) is 5.02 Å². The van der Waals surface area contributed by atoms with Crippen molar-refractivity contribution < 1.29 is 24.0 Å². The molecule has 1 unspecified atom stereocenters. The smallest absolute Gasteiger partial charge is 0.262 e. The highest BCUT2D eigenvalue weighted by molar-refractivity contribution is 6.32. The minimum Gasteiger partial charge on any atom is -0.371 e. The molecule has 6 heterocycles. The minimum atomic E-state index is -0.968. The SMILES string of the molecule is C[C@@H]1CC2(CCN(c3ccc(C(=O)N4CCC(CN5Cc6cc7c(cc6C5)C(=O)N(C5CCC(=O)NC5=O)C7=O)CC4)cc3)CC2)CN1c1ccc(C#N)c(Cl)c1. The molecule has 0 radical (unpaired) electrons. The maximum Gasteiger partial charge on any atom is 0.262 e. The first kappa shape index (κ1) is 37.3. The van der Waals surface area contributed by atoms with Gasteiger partial charge in [-0.2, -0.15) is 5.26 Å². The zero-order valence-electron chi connectivity index (χ0n) is 32.1. The summed E-state index contributed by atoms with van der Waals surface area (Å²) in [4.78, 5) is 74.5. The summed E-state index contributed by atoms with van der Waals surface area (Å²) in [5.74, 6) is -1.44. The van der Waals surface area contributed by atoms with E-state index in [2.05, 4.69) is 45.1 Å². The number of benzene rings is 3. The number of imide groups is 2. The van der Waals surface area contributed by atoms with Crippen LogP contribution in [0, 0.1) is 22.7 Å². The Morgan fingerprint density at radius 3 is 2.14 bits per heavy atom. The number of anilines is 2. The van der Waals surface area contributed by atoms with Crippen LogP contribution in [0.1, 0.15) is 99.6 Å². The van der Waals surface area contributed by atoms with E-state index < -0.39 is 29.7 Å². The second-order valence-electron chi connectivity index (χ2n) is 17.0. The van der Waals surface area contributed by atoms with Gasteiger partial charge in [0.2, 0.25) is 11.8 Å². The monoisotopic (exact) mass is 787 g/mol. The third kappa shape index (κ3) is 6.84. The van der Waals surface area contributed by atoms with E-state index in [1.165, 1.54) is 0 Å². The lowest BCUT2D eigenvalue weighted by Crippen LogP contribution is -2.54. The van der Waals surface area contributed by atoms with Crippen LogP contribution in [-0.2, 0) is 22.7 Å². The van der Waals surface area contributed by atoms with Crippen molar-refractivity contribution in [3.63, 3.8) is 0 Å². The fourth-order valence-electron chi connectivity index (χ4n) is 10.3. The molecule has 294 valence electrons. The van der Waals surface area contributed by atoms with Crippen molar-refractivity contribution in [2.24, 2.45) is 11.3 Å². The highest BCUT2D eigenvalue weighted by Crippen LogP contribution is 2.46. The van der Waals surface area contributed by atoms with Crippen LogP contribution in [-0.4, -0.2) is 95.6 Å². The van der Waals surface area contributed by atoms with Crippen LogP contribution in [0.15, 0.2) is 54.6 Å². The number of hydrogen-bond donors (Lipinski definition) is 1. The quantitative estimate of drug-likeness (QED) is 0.327. The molecule has 0 saturated carbocycles. The molecule has 6 aliphatic heterocycles. The summed E-state index contributed by atoms with van der Waals surface area (Å²) in [5, 5.41) is 12.0. The van der Waals surface area contributed by atoms with Crippen molar-refractivity contribution in [2.45, 2.75) is 77.0 Å². The lowest BCUT2D eigenvalue weighted by molar-refractivity contribution is -0.136. The van der Waals surface area contributed by atoms with E-state index in [9.17, 15) is 29.2 Å². The Balaban J connectivity index is 0.745. The van der Waals surface area contributed by atoms with Gasteiger partial charge in [-0.25, -0.2) is 0 Å². The molecule has 9 rings (SSSR count). The summed E-state index contributed by atoms with van der Waals surface area (Å²) in [5.41, 5.74) is 6.40. The van der Waals surface area contributed by atoms with E-state index in [4.69, 9.17) is 11.6 Å². The molecule has 57 heavy (non-hydrogen) atoms. The number of piperidine rings is 3. The Morgan fingerprint density at radius 2 is 1.53 bits per heavy atom. The Hall–Kier alpha value is -5.25. The van der Waals surface area contributed by atoms with E-state index in [0.29, 0.717) is 59.9 Å². The Labute approximate surface area is 337 Å². The number of fused-ring (bicyclic) bond motifs is 2. The fourth-order valence-corrected chi connectivity index (χ4v) is 10.5. The zero-order chi connectivity index (χ0) is 39.6. The first-order valence-corrected chi connectivity index (χ1v) is 20.6. The maximum absolute atomic E-state index is 13.6. The number of nitrogens with zero attached hydrogens (tertiary/aromatic N) is 6. The molecule has 4 fully saturated rings. The van der Waals surface area contributed by atoms with Gasteiger partial charge in [0.25, 0.3) is 17.7 Å². The first-order valence-electron chi connectivity index (χ1n) is 20.2. The van der Waals surface area contributed by atoms with Crippen LogP contribution in [0.5, 0.6) is 0 Å². The van der Waals surface area contributed by atoms with Crippen LogP contribution in [0.25, 0.3) is 0 Å². The molecule has 0 bridgehead atoms. The van der Waals surface area contributed by atoms with Crippen LogP contribution in [0.4, 0.5) is 11.4 Å². The van der Waals surface area contributed by atoms with Crippen molar-refractivity contribution in [1.29, 1.82) is 5.26 Å². The number of halogens is 1. The van der Waals surface area contributed by atoms with E-state index >= 15 is 0 Å². The molecule has 3 aromatic rings. The number of carbonyl (C=O) groups excluding carboxylic acids is 5. The molecule has 5 amide bonds. The van der Waals surface area contributed by atoms with Gasteiger partial charge in [0.15, 0.2) is 0 Å². The third-order valence-electron chi connectivity index (χ3n) is 13.4. The molecule has 12 nitrogen and oxygen atoms in total. The lowest BCUT2D eigenvalue weighted by Gasteiger charge is -2.40. The second kappa shape index (κ2) is 14.6. The molecular weight excluding hydrogens is 742 g/mol. The van der Waals surface area contributed by atoms with Crippen LogP contribution < -0.4 is 15.1 Å². The average Bonchev–Trinajstić information content (AvgIpc) is 3.84. The summed E-state index contributed by atoms with van der Waals surface area (Å²) >= 11 is 6.37. The number of hydrogen-bond acceptors (Lipinski definition) is 9. The number of amides is 5. The number of rotatable bonds is 6. The molecule has 3 aromatic carbocycles. The van der Waals surface area contributed by atoms with E-state index in [1.807, 2.05) is 47.4 Å². The predicted octanol–water partition coefficient (Wildman–Crippen LogP) is 5.37. The van der Waals surface area contributed by atoms with E-state index in [-0.39, 0.29) is 24.2 Å². The molecule has 6 aliphatic rings. The molecular formula is C44H46ClN7O5. The van der Waals surface area contributed by atoms with Gasteiger partial charge in [0, 0.05) is 81.8 Å². The predicted molar refractivity (Wildman–Crippen MR) is 214 cm³/mol. The van der Waals surface area contributed by atoms with Gasteiger partial charge < -0.3 is 14.7 Å². The van der Waals surface area contributed by atoms with Gasteiger partial charge in [0.05, 0.1) is 21.7 Å². The molecule has 0 aliphatic carbocycles. The van der Waals surface area contributed by atoms with Crippen LogP contribution in [0.3, 0.4) is 0 Å². The van der Waals surface area contributed by atoms with Gasteiger partial charge >= 0.3 is 0 Å². The van der Waals surface area contributed by atoms with Gasteiger partial charge in [-0.1, -0.05) is 11.6 Å². The normalized spacial score (nSPS) is 23.6. The van der Waals surface area contributed by atoms with Gasteiger partial charge in [0.1, 0.15) is 12.1 Å². The number of carbonyl (C=O) groups is 5. The molecule has 4 saturated heterocycles. The Kier molecular flexibility index (Phi) is 9.56. The summed E-state index contributed by atoms with van der Waals surface area (Å²) in [6.07, 6.45) is 5.39. The van der Waals surface area contributed by atoms with Gasteiger partial charge in [-0.3, -0.25) is 39.1 Å². The molecule has 1 N–H and O–H groups in total. The largest absolute Gasteiger partial charge is 0.371 e. The average molecular weight is 788 g/mol. The van der Waals surface area contributed by atoms with Gasteiger partial charge in [-0.05, 0) is 123 Å². The lowest BCUT2D eigenvalue weighted by atomic mass is 9.76. The van der Waals surface area contributed by atoms with Crippen molar-refractivity contribution >= 4 is 52.5 Å². The maximum atomic E-state index is 13.6. The third-order valence-corrected chi connectivity index (χ3v) is 13.8. The van der Waals surface area contributed by atoms with Gasteiger partial charge in [-0.15, -0.1) is 0 Å². The van der Waals surface area contributed by atoms with Crippen molar-refractivity contribution in [3.05, 3.63) is 93.0 Å². The molecule has 0 aromatic heterocycles. The second-order valence-corrected chi connectivity index (χ2v) is 17.4. The van der Waals surface area contributed by atoms with Crippen molar-refractivity contribution in [1.82, 2.24) is 20.0 Å². The number of nitrogens with one attached hydrogen (secondary N) is 1. The fraction of sp³-hybridized carbons (Fsp3) is 0.455. The van der Waals surface area contributed by atoms with Crippen LogP contribution >= 0.6 is 11.6 Å². The highest BCUT2D eigenvalue weighted by atomic mass is 35.5. The molecule has 13 heteroatoms. The summed E-state index contributed by atoms with van der Waals surface area (Å²) < 4.78 is 0.